The quantitative estimate of drug-likeness (QED) is 0.675. The molecule has 0 aromatic rings. The number of allylic oxidation sites excluding steroid dienone is 1. The van der Waals surface area contributed by atoms with E-state index in [1.807, 2.05) is 0 Å². The zero-order chi connectivity index (χ0) is 14.8. The Morgan fingerprint density at radius 1 is 1.24 bits per heavy atom. The van der Waals surface area contributed by atoms with E-state index < -0.39 is 6.29 Å². The Kier molecular flexibility index (Phi) is 3.09. The Hall–Kier alpha value is -0.380. The molecule has 0 radical (unpaired) electrons. The predicted molar refractivity (Wildman–Crippen MR) is 82.4 cm³/mol. The van der Waals surface area contributed by atoms with Gasteiger partial charge in [-0.1, -0.05) is 25.5 Å². The average molecular weight is 291 g/mol. The third kappa shape index (κ3) is 1.83. The van der Waals surface area contributed by atoms with Crippen LogP contribution in [0.3, 0.4) is 0 Å². The van der Waals surface area contributed by atoms with Gasteiger partial charge in [-0.2, -0.15) is 0 Å². The van der Waals surface area contributed by atoms with Crippen molar-refractivity contribution in [2.24, 2.45) is 34.3 Å². The maximum Gasteiger partial charge on any atom is 0.158 e. The summed E-state index contributed by atoms with van der Waals surface area (Å²) in [6.07, 6.45) is 8.80. The second-order valence-corrected chi connectivity index (χ2v) is 8.46. The summed E-state index contributed by atoms with van der Waals surface area (Å²) in [5.41, 5.74) is 8.42. The first-order chi connectivity index (χ1) is 9.95. The van der Waals surface area contributed by atoms with Gasteiger partial charge < -0.3 is 15.6 Å². The molecule has 7 atom stereocenters. The maximum absolute atomic E-state index is 9.80. The monoisotopic (exact) mass is 291 g/mol. The minimum atomic E-state index is -0.588. The lowest BCUT2D eigenvalue weighted by atomic mass is 9.49. The molecule has 4 aliphatic rings. The third-order valence-corrected chi connectivity index (χ3v) is 7.67. The van der Waals surface area contributed by atoms with Gasteiger partial charge in [-0.25, -0.2) is 0 Å². The highest BCUT2D eigenvalue weighted by molar-refractivity contribution is 5.24. The van der Waals surface area contributed by atoms with Crippen molar-refractivity contribution in [1.29, 1.82) is 0 Å². The first-order valence-electron chi connectivity index (χ1n) is 8.70. The van der Waals surface area contributed by atoms with Gasteiger partial charge in [0.15, 0.2) is 6.29 Å². The summed E-state index contributed by atoms with van der Waals surface area (Å²) in [4.78, 5) is 0. The van der Waals surface area contributed by atoms with Crippen molar-refractivity contribution in [3.8, 4) is 0 Å². The van der Waals surface area contributed by atoms with Crippen molar-refractivity contribution in [3.05, 3.63) is 11.6 Å². The fraction of sp³-hybridized carbons (Fsp3) is 0.889. The smallest absolute Gasteiger partial charge is 0.158 e. The standard InChI is InChI=1S/C18H29NO2/c1-17-8-7-14-12(13(17)5-6-15(17)19)4-3-11-9-16(20)21-10-18(11,14)2/h3,12-16,20H,4-10,19H2,1-2H3/t12-,13-,14+,15?,16?,17-,18-/m0/s1. The van der Waals surface area contributed by atoms with Crippen LogP contribution in [0.1, 0.15) is 52.4 Å². The number of hydrogen-bond acceptors (Lipinski definition) is 3. The molecule has 0 bridgehead atoms. The number of nitrogens with two attached hydrogens (primary N) is 1. The lowest BCUT2D eigenvalue weighted by Crippen LogP contribution is -2.54. The molecule has 3 fully saturated rings. The third-order valence-electron chi connectivity index (χ3n) is 7.67. The fourth-order valence-electron chi connectivity index (χ4n) is 6.23. The number of hydrogen-bond donors (Lipinski definition) is 2. The summed E-state index contributed by atoms with van der Waals surface area (Å²) in [7, 11) is 0. The van der Waals surface area contributed by atoms with Crippen LogP contribution >= 0.6 is 0 Å². The largest absolute Gasteiger partial charge is 0.368 e. The van der Waals surface area contributed by atoms with Crippen molar-refractivity contribution in [2.45, 2.75) is 64.7 Å². The molecule has 4 rings (SSSR count). The molecule has 0 aromatic heterocycles. The molecule has 0 spiro atoms. The van der Waals surface area contributed by atoms with E-state index >= 15 is 0 Å². The van der Waals surface area contributed by atoms with E-state index in [1.54, 1.807) is 0 Å². The molecule has 2 unspecified atom stereocenters. The number of fused-ring (bicyclic) bond motifs is 5. The van der Waals surface area contributed by atoms with E-state index in [1.165, 1.54) is 37.7 Å². The minimum Gasteiger partial charge on any atom is -0.368 e. The lowest BCUT2D eigenvalue weighted by molar-refractivity contribution is -0.166. The van der Waals surface area contributed by atoms with Crippen LogP contribution < -0.4 is 5.73 Å². The molecule has 0 aromatic carbocycles. The predicted octanol–water partition coefficient (Wildman–Crippen LogP) is 2.83. The normalized spacial score (nSPS) is 56.2. The lowest BCUT2D eigenvalue weighted by Gasteiger charge is -2.57. The van der Waals surface area contributed by atoms with Crippen LogP contribution in [0.2, 0.25) is 0 Å². The Bertz CT molecular complexity index is 476. The van der Waals surface area contributed by atoms with Gasteiger partial charge in [-0.15, -0.1) is 0 Å². The molecule has 3 heteroatoms. The summed E-state index contributed by atoms with van der Waals surface area (Å²) in [5, 5.41) is 9.80. The molecule has 1 aliphatic heterocycles. The second-order valence-electron chi connectivity index (χ2n) is 8.46. The highest BCUT2D eigenvalue weighted by atomic mass is 16.6. The van der Waals surface area contributed by atoms with Crippen molar-refractivity contribution < 1.29 is 9.84 Å². The van der Waals surface area contributed by atoms with Crippen LogP contribution in [0.15, 0.2) is 11.6 Å². The highest BCUT2D eigenvalue weighted by Gasteiger charge is 2.58. The van der Waals surface area contributed by atoms with E-state index in [4.69, 9.17) is 10.5 Å². The summed E-state index contributed by atoms with van der Waals surface area (Å²) < 4.78 is 5.65. The molecule has 0 amide bonds. The number of aliphatic hydroxyl groups is 1. The Morgan fingerprint density at radius 3 is 2.86 bits per heavy atom. The van der Waals surface area contributed by atoms with Gasteiger partial charge >= 0.3 is 0 Å². The van der Waals surface area contributed by atoms with Gasteiger partial charge in [0.25, 0.3) is 0 Å². The van der Waals surface area contributed by atoms with Gasteiger partial charge in [0.05, 0.1) is 6.61 Å². The summed E-state index contributed by atoms with van der Waals surface area (Å²) in [6.45, 7) is 5.50. The molecule has 2 saturated carbocycles. The molecular weight excluding hydrogens is 262 g/mol. The van der Waals surface area contributed by atoms with E-state index in [0.717, 1.165) is 11.8 Å². The maximum atomic E-state index is 9.80. The summed E-state index contributed by atoms with van der Waals surface area (Å²) in [5.74, 6) is 2.27. The molecular formula is C18H29NO2. The SMILES string of the molecule is C[C@]12COC(O)CC1=CC[C@@H]1[C@H]2CC[C@]2(C)C(N)CC[C@@H]12. The van der Waals surface area contributed by atoms with Gasteiger partial charge in [0, 0.05) is 17.9 Å². The zero-order valence-electron chi connectivity index (χ0n) is 13.3. The van der Waals surface area contributed by atoms with Crippen LogP contribution in [0.25, 0.3) is 0 Å². The number of rotatable bonds is 0. The van der Waals surface area contributed by atoms with Crippen LogP contribution in [-0.2, 0) is 4.74 Å². The van der Waals surface area contributed by atoms with Crippen molar-refractivity contribution in [1.82, 2.24) is 0 Å². The number of aliphatic hydroxyl groups excluding tert-OH is 1. The second kappa shape index (κ2) is 4.56. The molecule has 3 aliphatic carbocycles. The Balaban J connectivity index is 1.68. The van der Waals surface area contributed by atoms with E-state index in [2.05, 4.69) is 19.9 Å². The average Bonchev–Trinajstić information content (AvgIpc) is 2.76. The van der Waals surface area contributed by atoms with Gasteiger partial charge in [0.2, 0.25) is 0 Å². The first-order valence-corrected chi connectivity index (χ1v) is 8.70. The number of ether oxygens (including phenoxy) is 1. The first kappa shape index (κ1) is 14.2. The topological polar surface area (TPSA) is 55.5 Å². The highest BCUT2D eigenvalue weighted by Crippen LogP contribution is 2.63. The van der Waals surface area contributed by atoms with Gasteiger partial charge in [-0.3, -0.25) is 0 Å². The van der Waals surface area contributed by atoms with Crippen molar-refractivity contribution in [2.75, 3.05) is 6.61 Å². The molecule has 3 N–H and O–H groups in total. The Morgan fingerprint density at radius 2 is 2.05 bits per heavy atom. The summed E-state index contributed by atoms with van der Waals surface area (Å²) in [6, 6.07) is 0.395. The zero-order valence-corrected chi connectivity index (χ0v) is 13.3. The van der Waals surface area contributed by atoms with Crippen LogP contribution in [-0.4, -0.2) is 24.0 Å². The molecule has 1 saturated heterocycles. The fourth-order valence-corrected chi connectivity index (χ4v) is 6.23. The van der Waals surface area contributed by atoms with Gasteiger partial charge in [-0.05, 0) is 55.3 Å². The molecule has 21 heavy (non-hydrogen) atoms. The molecule has 1 heterocycles. The summed E-state index contributed by atoms with van der Waals surface area (Å²) >= 11 is 0. The minimum absolute atomic E-state index is 0.149. The van der Waals surface area contributed by atoms with Gasteiger partial charge in [0.1, 0.15) is 0 Å². The van der Waals surface area contributed by atoms with Crippen LogP contribution in [0, 0.1) is 28.6 Å². The Labute approximate surface area is 127 Å². The molecule has 3 nitrogen and oxygen atoms in total. The van der Waals surface area contributed by atoms with Crippen LogP contribution in [0.5, 0.6) is 0 Å². The van der Waals surface area contributed by atoms with Crippen LogP contribution in [0.4, 0.5) is 0 Å². The van der Waals surface area contributed by atoms with Crippen molar-refractivity contribution in [3.63, 3.8) is 0 Å². The van der Waals surface area contributed by atoms with E-state index in [0.29, 0.717) is 30.4 Å². The van der Waals surface area contributed by atoms with Crippen molar-refractivity contribution >= 4 is 0 Å². The molecule has 118 valence electrons. The van der Waals surface area contributed by atoms with E-state index in [-0.39, 0.29) is 5.41 Å². The van der Waals surface area contributed by atoms with E-state index in [9.17, 15) is 5.11 Å².